The number of rotatable bonds is 3. The van der Waals surface area contributed by atoms with Crippen molar-refractivity contribution < 1.29 is 9.47 Å². The number of fused-ring (bicyclic) bond motifs is 3. The first-order chi connectivity index (χ1) is 14.1. The maximum atomic E-state index is 6.35. The fourth-order valence-electron chi connectivity index (χ4n) is 3.88. The third-order valence-electron chi connectivity index (χ3n) is 5.31. The van der Waals surface area contributed by atoms with Gasteiger partial charge >= 0.3 is 0 Å². The van der Waals surface area contributed by atoms with E-state index in [4.69, 9.17) is 37.8 Å². The summed E-state index contributed by atoms with van der Waals surface area (Å²) in [6.07, 6.45) is 0.419. The van der Waals surface area contributed by atoms with Gasteiger partial charge in [0.05, 0.1) is 18.9 Å². The van der Waals surface area contributed by atoms with Gasteiger partial charge in [0.15, 0.2) is 0 Å². The molecule has 3 aromatic carbocycles. The zero-order valence-electron chi connectivity index (χ0n) is 15.7. The number of hydrogen-bond donors (Lipinski definition) is 0. The number of benzene rings is 3. The third kappa shape index (κ3) is 3.33. The van der Waals surface area contributed by atoms with Crippen LogP contribution in [0.2, 0.25) is 10.0 Å². The van der Waals surface area contributed by atoms with Gasteiger partial charge in [-0.2, -0.15) is 5.10 Å². The van der Waals surface area contributed by atoms with Gasteiger partial charge in [0, 0.05) is 33.2 Å². The lowest BCUT2D eigenvalue weighted by molar-refractivity contribution is -0.0190. The van der Waals surface area contributed by atoms with Crippen LogP contribution in [-0.2, 0) is 0 Å². The molecule has 0 fully saturated rings. The highest BCUT2D eigenvalue weighted by molar-refractivity contribution is 6.30. The summed E-state index contributed by atoms with van der Waals surface area (Å²) in [5.41, 5.74) is 4.07. The average molecular weight is 425 g/mol. The monoisotopic (exact) mass is 424 g/mol. The Morgan fingerprint density at radius 1 is 1.00 bits per heavy atom. The van der Waals surface area contributed by atoms with Crippen molar-refractivity contribution in [1.29, 1.82) is 0 Å². The third-order valence-corrected chi connectivity index (χ3v) is 5.80. The number of methoxy groups -OCH3 is 1. The van der Waals surface area contributed by atoms with Crippen LogP contribution in [0.5, 0.6) is 11.5 Å². The maximum Gasteiger partial charge on any atom is 0.213 e. The zero-order valence-corrected chi connectivity index (χ0v) is 17.2. The van der Waals surface area contributed by atoms with Gasteiger partial charge in [-0.05, 0) is 42.5 Å². The van der Waals surface area contributed by atoms with Crippen LogP contribution in [0.15, 0.2) is 71.8 Å². The quantitative estimate of drug-likeness (QED) is 0.498. The van der Waals surface area contributed by atoms with E-state index in [1.165, 1.54) is 0 Å². The van der Waals surface area contributed by atoms with Crippen molar-refractivity contribution in [3.05, 3.63) is 93.5 Å². The molecule has 6 heteroatoms. The summed E-state index contributed by atoms with van der Waals surface area (Å²) in [6, 6.07) is 21.5. The van der Waals surface area contributed by atoms with E-state index < -0.39 is 0 Å². The molecule has 2 heterocycles. The molecule has 3 aromatic rings. The smallest absolute Gasteiger partial charge is 0.213 e. The van der Waals surface area contributed by atoms with Crippen molar-refractivity contribution in [3.8, 4) is 11.5 Å². The summed E-state index contributed by atoms with van der Waals surface area (Å²) in [5.74, 6) is 1.64. The molecule has 146 valence electrons. The molecule has 2 aliphatic heterocycles. The van der Waals surface area contributed by atoms with Gasteiger partial charge in [-0.1, -0.05) is 47.5 Å². The second-order valence-corrected chi connectivity index (χ2v) is 7.96. The average Bonchev–Trinajstić information content (AvgIpc) is 3.20. The van der Waals surface area contributed by atoms with Crippen LogP contribution in [0.1, 0.15) is 35.4 Å². The number of nitrogens with zero attached hydrogens (tertiary/aromatic N) is 2. The molecule has 0 bridgehead atoms. The minimum absolute atomic E-state index is 0.0410. The second-order valence-electron chi connectivity index (χ2n) is 7.08. The first-order valence-electron chi connectivity index (χ1n) is 9.34. The van der Waals surface area contributed by atoms with Gasteiger partial charge < -0.3 is 9.47 Å². The number of halogens is 2. The fourth-order valence-corrected chi connectivity index (χ4v) is 4.19. The molecule has 0 spiro atoms. The maximum absolute atomic E-state index is 6.35. The lowest BCUT2D eigenvalue weighted by Crippen LogP contribution is -2.33. The predicted octanol–water partition coefficient (Wildman–Crippen LogP) is 6.24. The Bertz CT molecular complexity index is 1100. The summed E-state index contributed by atoms with van der Waals surface area (Å²) in [7, 11) is 1.67. The Kier molecular flexibility index (Phi) is 4.61. The Morgan fingerprint density at radius 2 is 1.79 bits per heavy atom. The fraction of sp³-hybridized carbons (Fsp3) is 0.174. The van der Waals surface area contributed by atoms with Crippen molar-refractivity contribution in [1.82, 2.24) is 5.01 Å². The van der Waals surface area contributed by atoms with E-state index in [9.17, 15) is 0 Å². The van der Waals surface area contributed by atoms with Gasteiger partial charge in [-0.15, -0.1) is 0 Å². The van der Waals surface area contributed by atoms with Gasteiger partial charge in [0.25, 0.3) is 0 Å². The molecule has 2 aliphatic rings. The highest BCUT2D eigenvalue weighted by atomic mass is 35.5. The topological polar surface area (TPSA) is 34.1 Å². The van der Waals surface area contributed by atoms with E-state index in [0.717, 1.165) is 40.3 Å². The Labute approximate surface area is 179 Å². The number of hydrazone groups is 1. The van der Waals surface area contributed by atoms with Crippen LogP contribution < -0.4 is 9.47 Å². The molecule has 2 atom stereocenters. The first-order valence-corrected chi connectivity index (χ1v) is 10.1. The van der Waals surface area contributed by atoms with Crippen LogP contribution >= 0.6 is 23.2 Å². The van der Waals surface area contributed by atoms with E-state index in [1.54, 1.807) is 7.11 Å². The molecule has 0 aromatic heterocycles. The van der Waals surface area contributed by atoms with Crippen LogP contribution in [-0.4, -0.2) is 17.8 Å². The molecule has 0 aliphatic carbocycles. The van der Waals surface area contributed by atoms with Gasteiger partial charge in [0.2, 0.25) is 6.23 Å². The molecule has 29 heavy (non-hydrogen) atoms. The lowest BCUT2D eigenvalue weighted by Gasteiger charge is -2.38. The van der Waals surface area contributed by atoms with Crippen molar-refractivity contribution in [3.63, 3.8) is 0 Å². The van der Waals surface area contributed by atoms with E-state index in [-0.39, 0.29) is 12.3 Å². The van der Waals surface area contributed by atoms with Crippen LogP contribution in [0, 0.1) is 0 Å². The highest BCUT2D eigenvalue weighted by Gasteiger charge is 2.41. The van der Waals surface area contributed by atoms with Crippen molar-refractivity contribution >= 4 is 28.9 Å². The summed E-state index contributed by atoms with van der Waals surface area (Å²) in [6.45, 7) is 0. The van der Waals surface area contributed by atoms with E-state index >= 15 is 0 Å². The van der Waals surface area contributed by atoms with Crippen LogP contribution in [0.3, 0.4) is 0 Å². The molecule has 0 radical (unpaired) electrons. The van der Waals surface area contributed by atoms with Crippen LogP contribution in [0.4, 0.5) is 0 Å². The largest absolute Gasteiger partial charge is 0.497 e. The summed E-state index contributed by atoms with van der Waals surface area (Å²) in [4.78, 5) is 0. The predicted molar refractivity (Wildman–Crippen MR) is 115 cm³/mol. The van der Waals surface area contributed by atoms with Crippen molar-refractivity contribution in [2.45, 2.75) is 18.7 Å². The lowest BCUT2D eigenvalue weighted by atomic mass is 9.96. The zero-order chi connectivity index (χ0) is 20.0. The molecular formula is C23H18Cl2N2O2. The van der Waals surface area contributed by atoms with Gasteiger partial charge in [-0.3, -0.25) is 0 Å². The number of ether oxygens (including phenoxy) is 2. The minimum Gasteiger partial charge on any atom is -0.497 e. The Balaban J connectivity index is 1.59. The highest BCUT2D eigenvalue weighted by Crippen LogP contribution is 2.48. The summed E-state index contributed by atoms with van der Waals surface area (Å²) < 4.78 is 11.7. The molecule has 0 unspecified atom stereocenters. The summed E-state index contributed by atoms with van der Waals surface area (Å²) >= 11 is 12.4. The van der Waals surface area contributed by atoms with Crippen molar-refractivity contribution in [2.24, 2.45) is 5.10 Å². The van der Waals surface area contributed by atoms with Crippen molar-refractivity contribution in [2.75, 3.05) is 7.11 Å². The number of hydrogen-bond acceptors (Lipinski definition) is 4. The van der Waals surface area contributed by atoms with Gasteiger partial charge in [-0.25, -0.2) is 5.01 Å². The molecule has 4 nitrogen and oxygen atoms in total. The Hall–Kier alpha value is -2.69. The van der Waals surface area contributed by atoms with Gasteiger partial charge in [0.1, 0.15) is 11.5 Å². The van der Waals surface area contributed by atoms with E-state index in [1.807, 2.05) is 65.7 Å². The summed E-state index contributed by atoms with van der Waals surface area (Å²) in [5, 5.41) is 8.36. The standard InChI is InChI=1S/C23H18Cl2N2O2/c1-28-18-4-2-3-15(11-18)20-13-21-19-12-17(25)9-10-22(19)29-23(27(21)26-20)14-5-7-16(24)8-6-14/h2-12,21,23H,13H2,1H3/t21-,23+/m1/s1. The molecule has 0 saturated heterocycles. The molecule has 5 rings (SSSR count). The Morgan fingerprint density at radius 3 is 2.59 bits per heavy atom. The molecule has 0 N–H and O–H groups in total. The molecule has 0 amide bonds. The van der Waals surface area contributed by atoms with E-state index in [0.29, 0.717) is 10.0 Å². The minimum atomic E-state index is -0.339. The first kappa shape index (κ1) is 18.3. The normalized spacial score (nSPS) is 19.8. The molecule has 0 saturated carbocycles. The van der Waals surface area contributed by atoms with Crippen LogP contribution in [0.25, 0.3) is 0 Å². The second kappa shape index (κ2) is 7.29. The SMILES string of the molecule is COc1cccc(C2=NN3[C@H](C2)c2cc(Cl)ccc2O[C@H]3c2ccc(Cl)cc2)c1. The molecular weight excluding hydrogens is 407 g/mol. The van der Waals surface area contributed by atoms with E-state index in [2.05, 4.69) is 6.07 Å².